The summed E-state index contributed by atoms with van der Waals surface area (Å²) in [5.74, 6) is -1.40. The number of rotatable bonds is 8. The molecular weight excluding hydrogens is 443 g/mol. The Kier molecular flexibility index (Phi) is 9.04. The van der Waals surface area contributed by atoms with Gasteiger partial charge in [0.15, 0.2) is 5.54 Å². The van der Waals surface area contributed by atoms with Gasteiger partial charge in [-0.3, -0.25) is 14.8 Å². The van der Waals surface area contributed by atoms with Crippen molar-refractivity contribution >= 4 is 12.1 Å². The van der Waals surface area contributed by atoms with Gasteiger partial charge in [0.2, 0.25) is 0 Å². The van der Waals surface area contributed by atoms with Crippen LogP contribution >= 0.6 is 0 Å². The summed E-state index contributed by atoms with van der Waals surface area (Å²) in [5, 5.41) is 9.35. The standard InChI is InChI=1S/C25H39FN2O6/c1-17(14-20-9-8-19(15-27-20)18-10-12-32-13-11-18)25(21(29)34-31,16-24(5,6)26)28(7)22(30)33-23(2,3)4/h8-9,15,17-18,31H,10-14,16H2,1-7H3/t17?,25-/m0/s1. The van der Waals surface area contributed by atoms with E-state index in [1.807, 2.05) is 18.3 Å². The van der Waals surface area contributed by atoms with Crippen LogP contribution in [0.4, 0.5) is 9.18 Å². The number of carbonyl (C=O) groups is 2. The van der Waals surface area contributed by atoms with E-state index < -0.39 is 41.2 Å². The molecular formula is C25H39FN2O6. The summed E-state index contributed by atoms with van der Waals surface area (Å²) in [4.78, 5) is 35.7. The summed E-state index contributed by atoms with van der Waals surface area (Å²) in [7, 11) is 1.36. The van der Waals surface area contributed by atoms with E-state index in [2.05, 4.69) is 9.87 Å². The molecule has 1 aromatic rings. The average molecular weight is 483 g/mol. The van der Waals surface area contributed by atoms with Gasteiger partial charge in [-0.05, 0) is 77.3 Å². The minimum atomic E-state index is -1.86. The van der Waals surface area contributed by atoms with Gasteiger partial charge in [0.25, 0.3) is 0 Å². The van der Waals surface area contributed by atoms with Crippen LogP contribution in [0.1, 0.15) is 78.0 Å². The van der Waals surface area contributed by atoms with Crippen molar-refractivity contribution in [3.63, 3.8) is 0 Å². The molecule has 1 N–H and O–H groups in total. The summed E-state index contributed by atoms with van der Waals surface area (Å²) < 4.78 is 25.9. The molecule has 8 nitrogen and oxygen atoms in total. The average Bonchev–Trinajstić information content (AvgIpc) is 2.75. The van der Waals surface area contributed by atoms with Gasteiger partial charge < -0.3 is 9.47 Å². The molecule has 0 spiro atoms. The predicted octanol–water partition coefficient (Wildman–Crippen LogP) is 4.91. The molecule has 0 aliphatic carbocycles. The SMILES string of the molecule is CC(Cc1ccc(C2CCOCC2)cn1)[C@@](CC(C)(C)F)(C(=O)OO)N(C)C(=O)OC(C)(C)C. The molecule has 0 radical (unpaired) electrons. The number of pyridine rings is 1. The summed E-state index contributed by atoms with van der Waals surface area (Å²) in [5.41, 5.74) is -2.74. The smallest absolute Gasteiger partial charge is 0.411 e. The summed E-state index contributed by atoms with van der Waals surface area (Å²) in [6.45, 7) is 10.9. The third kappa shape index (κ3) is 7.12. The molecule has 1 aliphatic heterocycles. The lowest BCUT2D eigenvalue weighted by Crippen LogP contribution is -2.63. The molecule has 2 atom stereocenters. The van der Waals surface area contributed by atoms with Crippen LogP contribution in [0.2, 0.25) is 0 Å². The first kappa shape index (κ1) is 28.0. The van der Waals surface area contributed by atoms with E-state index in [0.717, 1.165) is 36.5 Å². The van der Waals surface area contributed by atoms with Crippen molar-refractivity contribution in [3.8, 4) is 0 Å². The van der Waals surface area contributed by atoms with E-state index in [9.17, 15) is 14.8 Å². The molecule has 1 aromatic heterocycles. The van der Waals surface area contributed by atoms with Crippen LogP contribution in [0.3, 0.4) is 0 Å². The molecule has 192 valence electrons. The van der Waals surface area contributed by atoms with Crippen molar-refractivity contribution in [1.82, 2.24) is 9.88 Å². The number of alkyl halides is 1. The van der Waals surface area contributed by atoms with E-state index in [-0.39, 0.29) is 6.42 Å². The monoisotopic (exact) mass is 482 g/mol. The number of nitrogens with zero attached hydrogens (tertiary/aromatic N) is 2. The Morgan fingerprint density at radius 1 is 1.24 bits per heavy atom. The molecule has 34 heavy (non-hydrogen) atoms. The maximum atomic E-state index is 15.0. The number of hydrogen-bond acceptors (Lipinski definition) is 7. The third-order valence-corrected chi connectivity index (χ3v) is 6.26. The van der Waals surface area contributed by atoms with Gasteiger partial charge in [-0.1, -0.05) is 13.0 Å². The first-order valence-corrected chi connectivity index (χ1v) is 11.7. The zero-order chi connectivity index (χ0) is 25.7. The van der Waals surface area contributed by atoms with Gasteiger partial charge in [-0.2, -0.15) is 5.26 Å². The van der Waals surface area contributed by atoms with Gasteiger partial charge in [0, 0.05) is 38.6 Å². The second-order valence-corrected chi connectivity index (χ2v) is 10.8. The topological polar surface area (TPSA) is 98.2 Å². The third-order valence-electron chi connectivity index (χ3n) is 6.26. The highest BCUT2D eigenvalue weighted by atomic mass is 19.1. The fourth-order valence-electron chi connectivity index (χ4n) is 4.56. The van der Waals surface area contributed by atoms with Crippen molar-refractivity contribution in [1.29, 1.82) is 0 Å². The van der Waals surface area contributed by atoms with Crippen molar-refractivity contribution in [3.05, 3.63) is 29.6 Å². The molecule has 1 aliphatic rings. The Labute approximate surface area is 201 Å². The van der Waals surface area contributed by atoms with Crippen LogP contribution < -0.4 is 0 Å². The molecule has 0 bridgehead atoms. The van der Waals surface area contributed by atoms with Crippen molar-refractivity contribution in [2.24, 2.45) is 5.92 Å². The highest BCUT2D eigenvalue weighted by Crippen LogP contribution is 2.38. The summed E-state index contributed by atoms with van der Waals surface area (Å²) >= 11 is 0. The lowest BCUT2D eigenvalue weighted by Gasteiger charge is -2.45. The quantitative estimate of drug-likeness (QED) is 0.415. The molecule has 2 rings (SSSR count). The molecule has 1 amide bonds. The minimum Gasteiger partial charge on any atom is -0.444 e. The van der Waals surface area contributed by atoms with Gasteiger partial charge in [0.1, 0.15) is 11.3 Å². The normalized spacial score (nSPS) is 18.0. The van der Waals surface area contributed by atoms with Gasteiger partial charge >= 0.3 is 12.1 Å². The maximum absolute atomic E-state index is 15.0. The van der Waals surface area contributed by atoms with Crippen LogP contribution in [0.15, 0.2) is 18.3 Å². The Hall–Kier alpha value is -2.26. The second kappa shape index (κ2) is 11.0. The van der Waals surface area contributed by atoms with E-state index in [1.165, 1.54) is 20.9 Å². The molecule has 9 heteroatoms. The number of likely N-dealkylation sites (N-methyl/N-ethyl adjacent to an activating group) is 1. The van der Waals surface area contributed by atoms with Crippen molar-refractivity contribution in [2.75, 3.05) is 20.3 Å². The molecule has 1 unspecified atom stereocenters. The number of carbonyl (C=O) groups excluding carboxylic acids is 2. The van der Waals surface area contributed by atoms with Crippen molar-refractivity contribution < 1.29 is 33.6 Å². The number of aromatic nitrogens is 1. The van der Waals surface area contributed by atoms with Crippen molar-refractivity contribution in [2.45, 2.75) is 90.0 Å². The van der Waals surface area contributed by atoms with E-state index in [1.54, 1.807) is 27.7 Å². The number of amides is 1. The fraction of sp³-hybridized carbons (Fsp3) is 0.720. The maximum Gasteiger partial charge on any atom is 0.411 e. The first-order valence-electron chi connectivity index (χ1n) is 11.7. The van der Waals surface area contributed by atoms with Gasteiger partial charge in [-0.15, -0.1) is 0 Å². The first-order chi connectivity index (χ1) is 15.7. The van der Waals surface area contributed by atoms with Crippen LogP contribution in [0, 0.1) is 5.92 Å². The Morgan fingerprint density at radius 2 is 1.85 bits per heavy atom. The highest BCUT2D eigenvalue weighted by molar-refractivity contribution is 5.86. The molecule has 0 saturated carbocycles. The number of hydrogen-bond donors (Lipinski definition) is 1. The minimum absolute atomic E-state index is 0.242. The Balaban J connectivity index is 2.38. The van der Waals surface area contributed by atoms with E-state index >= 15 is 4.39 Å². The lowest BCUT2D eigenvalue weighted by molar-refractivity contribution is -0.249. The zero-order valence-electron chi connectivity index (χ0n) is 21.4. The van der Waals surface area contributed by atoms with Crippen LogP contribution in [0.5, 0.6) is 0 Å². The number of ether oxygens (including phenoxy) is 2. The van der Waals surface area contributed by atoms with Gasteiger partial charge in [-0.25, -0.2) is 14.0 Å². The van der Waals surface area contributed by atoms with E-state index in [4.69, 9.17) is 9.47 Å². The lowest BCUT2D eigenvalue weighted by atomic mass is 9.74. The Bertz CT molecular complexity index is 827. The second-order valence-electron chi connectivity index (χ2n) is 10.8. The van der Waals surface area contributed by atoms with Gasteiger partial charge in [0.05, 0.1) is 0 Å². The van der Waals surface area contributed by atoms with Crippen LogP contribution in [0.25, 0.3) is 0 Å². The molecule has 1 saturated heterocycles. The van der Waals surface area contributed by atoms with Crippen LogP contribution in [-0.2, 0) is 25.6 Å². The van der Waals surface area contributed by atoms with E-state index in [0.29, 0.717) is 11.6 Å². The predicted molar refractivity (Wildman–Crippen MR) is 125 cm³/mol. The number of halogens is 1. The summed E-state index contributed by atoms with van der Waals surface area (Å²) in [6.07, 6.45) is 2.71. The summed E-state index contributed by atoms with van der Waals surface area (Å²) in [6, 6.07) is 3.89. The molecule has 2 heterocycles. The molecule has 0 aromatic carbocycles. The van der Waals surface area contributed by atoms with Crippen LogP contribution in [-0.4, -0.2) is 64.3 Å². The Morgan fingerprint density at radius 3 is 2.32 bits per heavy atom. The largest absolute Gasteiger partial charge is 0.444 e. The highest BCUT2D eigenvalue weighted by Gasteiger charge is 2.55. The zero-order valence-corrected chi connectivity index (χ0v) is 21.4. The molecule has 1 fully saturated rings. The fourth-order valence-corrected chi connectivity index (χ4v) is 4.56.